The van der Waals surface area contributed by atoms with Gasteiger partial charge in [-0.15, -0.1) is 0 Å². The van der Waals surface area contributed by atoms with Gasteiger partial charge in [-0.05, 0) is 18.1 Å². The Hall–Kier alpha value is -1.88. The smallest absolute Gasteiger partial charge is 0.396 e. The molecule has 0 bridgehead atoms. The summed E-state index contributed by atoms with van der Waals surface area (Å²) in [7, 11) is 1.63. The molecule has 2 rings (SSSR count). The maximum absolute atomic E-state index is 11.6. The van der Waals surface area contributed by atoms with E-state index < -0.39 is 17.5 Å². The van der Waals surface area contributed by atoms with E-state index in [1.165, 1.54) is 11.1 Å². The van der Waals surface area contributed by atoms with Gasteiger partial charge in [-0.3, -0.25) is 4.79 Å². The molecule has 0 heterocycles. The fraction of sp³-hybridized carbons (Fsp3) is 0.467. The lowest BCUT2D eigenvalue weighted by molar-refractivity contribution is -0.155. The van der Waals surface area contributed by atoms with Gasteiger partial charge in [-0.2, -0.15) is 0 Å². The highest BCUT2D eigenvalue weighted by Crippen LogP contribution is 2.31. The first-order chi connectivity index (χ1) is 9.60. The Labute approximate surface area is 118 Å². The van der Waals surface area contributed by atoms with Crippen LogP contribution in [0.25, 0.3) is 0 Å². The predicted octanol–water partition coefficient (Wildman–Crippen LogP) is 0.850. The van der Waals surface area contributed by atoms with Crippen LogP contribution in [0.1, 0.15) is 18.1 Å². The number of hydrogen-bond acceptors (Lipinski definition) is 4. The largest absolute Gasteiger partial charge is 0.459 e. The zero-order valence-electron chi connectivity index (χ0n) is 11.8. The highest BCUT2D eigenvalue weighted by atomic mass is 16.5. The van der Waals surface area contributed by atoms with Gasteiger partial charge in [0.2, 0.25) is 0 Å². The second-order valence-electron chi connectivity index (χ2n) is 4.91. The van der Waals surface area contributed by atoms with E-state index >= 15 is 0 Å². The maximum atomic E-state index is 11.6. The standard InChI is InChI=1S/C15H19NO4/c1-3-20-14(18)13(17)16-10-15(19-2)8-11-6-4-5-7-12(11)9-15/h4-7H,3,8-10H2,1-2H3,(H,16,17). The second kappa shape index (κ2) is 6.05. The van der Waals surface area contributed by atoms with Gasteiger partial charge in [-0.1, -0.05) is 24.3 Å². The molecule has 1 N–H and O–H groups in total. The van der Waals surface area contributed by atoms with Crippen molar-refractivity contribution in [2.24, 2.45) is 0 Å². The molecule has 0 fully saturated rings. The van der Waals surface area contributed by atoms with Gasteiger partial charge in [0.25, 0.3) is 0 Å². The van der Waals surface area contributed by atoms with E-state index in [1.54, 1.807) is 14.0 Å². The van der Waals surface area contributed by atoms with Gasteiger partial charge in [0, 0.05) is 26.5 Å². The van der Waals surface area contributed by atoms with E-state index in [0.29, 0.717) is 0 Å². The zero-order valence-corrected chi connectivity index (χ0v) is 11.8. The van der Waals surface area contributed by atoms with Crippen LogP contribution in [0.3, 0.4) is 0 Å². The molecule has 20 heavy (non-hydrogen) atoms. The Morgan fingerprint density at radius 2 is 1.85 bits per heavy atom. The molecule has 5 heteroatoms. The summed E-state index contributed by atoms with van der Waals surface area (Å²) >= 11 is 0. The molecular weight excluding hydrogens is 258 g/mol. The molecule has 1 aromatic carbocycles. The molecule has 0 atom stereocenters. The van der Waals surface area contributed by atoms with Crippen molar-refractivity contribution >= 4 is 11.9 Å². The van der Waals surface area contributed by atoms with E-state index in [0.717, 1.165) is 12.8 Å². The van der Waals surface area contributed by atoms with Crippen LogP contribution in [0.15, 0.2) is 24.3 Å². The molecule has 0 radical (unpaired) electrons. The van der Waals surface area contributed by atoms with Crippen LogP contribution in [0.4, 0.5) is 0 Å². The van der Waals surface area contributed by atoms with Crippen LogP contribution < -0.4 is 5.32 Å². The van der Waals surface area contributed by atoms with E-state index in [2.05, 4.69) is 22.2 Å². The predicted molar refractivity (Wildman–Crippen MR) is 73.2 cm³/mol. The van der Waals surface area contributed by atoms with Crippen molar-refractivity contribution in [1.29, 1.82) is 0 Å². The molecule has 1 aromatic rings. The van der Waals surface area contributed by atoms with E-state index in [4.69, 9.17) is 4.74 Å². The van der Waals surface area contributed by atoms with Crippen molar-refractivity contribution in [3.05, 3.63) is 35.4 Å². The molecule has 5 nitrogen and oxygen atoms in total. The molecule has 0 aliphatic heterocycles. The summed E-state index contributed by atoms with van der Waals surface area (Å²) in [5.41, 5.74) is 1.96. The lowest BCUT2D eigenvalue weighted by Crippen LogP contribution is -2.47. The molecule has 0 aromatic heterocycles. The Bertz CT molecular complexity index is 487. The average molecular weight is 277 g/mol. The molecule has 0 spiro atoms. The SMILES string of the molecule is CCOC(=O)C(=O)NCC1(OC)Cc2ccccc2C1. The van der Waals surface area contributed by atoms with E-state index in [9.17, 15) is 9.59 Å². The van der Waals surface area contributed by atoms with Crippen molar-refractivity contribution in [1.82, 2.24) is 5.32 Å². The number of carbonyl (C=O) groups excluding carboxylic acids is 2. The highest BCUT2D eigenvalue weighted by molar-refractivity contribution is 6.32. The first-order valence-corrected chi connectivity index (χ1v) is 6.67. The number of amides is 1. The van der Waals surface area contributed by atoms with Gasteiger partial charge in [0.05, 0.1) is 12.2 Å². The lowest BCUT2D eigenvalue weighted by Gasteiger charge is -2.27. The third-order valence-corrected chi connectivity index (χ3v) is 3.61. The Morgan fingerprint density at radius 1 is 1.25 bits per heavy atom. The normalized spacial score (nSPS) is 15.5. The molecule has 0 saturated carbocycles. The molecule has 0 saturated heterocycles. The van der Waals surface area contributed by atoms with Crippen LogP contribution in [0.5, 0.6) is 0 Å². The summed E-state index contributed by atoms with van der Waals surface area (Å²) in [6, 6.07) is 8.09. The maximum Gasteiger partial charge on any atom is 0.396 e. The minimum atomic E-state index is -0.853. The summed E-state index contributed by atoms with van der Waals surface area (Å²) < 4.78 is 10.3. The molecule has 1 amide bonds. The van der Waals surface area contributed by atoms with Gasteiger partial charge >= 0.3 is 11.9 Å². The molecule has 0 unspecified atom stereocenters. The first-order valence-electron chi connectivity index (χ1n) is 6.67. The highest BCUT2D eigenvalue weighted by Gasteiger charge is 2.38. The third kappa shape index (κ3) is 2.99. The van der Waals surface area contributed by atoms with Crippen LogP contribution in [-0.2, 0) is 31.9 Å². The minimum Gasteiger partial charge on any atom is -0.459 e. The minimum absolute atomic E-state index is 0.188. The second-order valence-corrected chi connectivity index (χ2v) is 4.91. The molecule has 1 aliphatic rings. The number of carbonyl (C=O) groups is 2. The number of methoxy groups -OCH3 is 1. The van der Waals surface area contributed by atoms with Gasteiger partial charge in [-0.25, -0.2) is 4.79 Å². The topological polar surface area (TPSA) is 64.6 Å². The Balaban J connectivity index is 1.98. The summed E-state index contributed by atoms with van der Waals surface area (Å²) in [5, 5.41) is 2.60. The lowest BCUT2D eigenvalue weighted by atomic mass is 10.00. The van der Waals surface area contributed by atoms with Gasteiger partial charge < -0.3 is 14.8 Å². The summed E-state index contributed by atoms with van der Waals surface area (Å²) in [5.74, 6) is -1.58. The third-order valence-electron chi connectivity index (χ3n) is 3.61. The monoisotopic (exact) mass is 277 g/mol. The zero-order chi connectivity index (χ0) is 14.6. The molecule has 108 valence electrons. The number of ether oxygens (including phenoxy) is 2. The van der Waals surface area contributed by atoms with Crippen molar-refractivity contribution < 1.29 is 19.1 Å². The van der Waals surface area contributed by atoms with Crippen molar-refractivity contribution in [3.63, 3.8) is 0 Å². The van der Waals surface area contributed by atoms with Crippen molar-refractivity contribution in [3.8, 4) is 0 Å². The summed E-state index contributed by atoms with van der Waals surface area (Å²) in [6.45, 7) is 2.14. The number of esters is 1. The van der Waals surface area contributed by atoms with Crippen molar-refractivity contribution in [2.75, 3.05) is 20.3 Å². The number of hydrogen-bond donors (Lipinski definition) is 1. The van der Waals surface area contributed by atoms with Crippen LogP contribution in [0, 0.1) is 0 Å². The van der Waals surface area contributed by atoms with Gasteiger partial charge in [0.1, 0.15) is 0 Å². The summed E-state index contributed by atoms with van der Waals surface area (Å²) in [6.07, 6.45) is 1.45. The number of nitrogens with one attached hydrogen (secondary N) is 1. The first kappa shape index (κ1) is 14.5. The average Bonchev–Trinajstić information content (AvgIpc) is 2.84. The molecular formula is C15H19NO4. The van der Waals surface area contributed by atoms with Gasteiger partial charge in [0.15, 0.2) is 0 Å². The van der Waals surface area contributed by atoms with E-state index in [1.807, 2.05) is 12.1 Å². The quantitative estimate of drug-likeness (QED) is 0.654. The fourth-order valence-corrected chi connectivity index (χ4v) is 2.51. The Kier molecular flexibility index (Phi) is 4.39. The van der Waals surface area contributed by atoms with Crippen LogP contribution in [0.2, 0.25) is 0 Å². The number of fused-ring (bicyclic) bond motifs is 1. The number of benzene rings is 1. The molecule has 1 aliphatic carbocycles. The number of rotatable bonds is 4. The van der Waals surface area contributed by atoms with E-state index in [-0.39, 0.29) is 13.2 Å². The van der Waals surface area contributed by atoms with Crippen molar-refractivity contribution in [2.45, 2.75) is 25.4 Å². The van der Waals surface area contributed by atoms with Crippen LogP contribution in [-0.4, -0.2) is 37.7 Å². The Morgan fingerprint density at radius 3 is 2.35 bits per heavy atom. The van der Waals surface area contributed by atoms with Crippen LogP contribution >= 0.6 is 0 Å². The fourth-order valence-electron chi connectivity index (χ4n) is 2.51. The summed E-state index contributed by atoms with van der Waals surface area (Å²) in [4.78, 5) is 22.9.